The summed E-state index contributed by atoms with van der Waals surface area (Å²) in [5.41, 5.74) is 0.896. The Morgan fingerprint density at radius 2 is 2.00 bits per heavy atom. The van der Waals surface area contributed by atoms with E-state index >= 15 is 0 Å². The maximum Gasteiger partial charge on any atom is 0.329 e. The molecule has 0 aromatic heterocycles. The fourth-order valence-corrected chi connectivity index (χ4v) is 1.59. The van der Waals surface area contributed by atoms with E-state index in [0.717, 1.165) is 5.56 Å². The monoisotopic (exact) mass is 253 g/mol. The van der Waals surface area contributed by atoms with Crippen LogP contribution in [0.4, 0.5) is 0 Å². The fraction of sp³-hybridized carbons (Fsp3) is 0.333. The van der Waals surface area contributed by atoms with Gasteiger partial charge in [0, 0.05) is 5.75 Å². The lowest BCUT2D eigenvalue weighted by Gasteiger charge is -2.13. The number of carbonyl (C=O) groups excluding carboxylic acids is 2. The molecule has 0 saturated carbocycles. The number of hydrogen-bond donors (Lipinski definition) is 2. The molecule has 0 aliphatic carbocycles. The van der Waals surface area contributed by atoms with Crippen molar-refractivity contribution in [2.45, 2.75) is 12.5 Å². The van der Waals surface area contributed by atoms with Crippen LogP contribution in [0.5, 0.6) is 0 Å². The van der Waals surface area contributed by atoms with Gasteiger partial charge in [-0.15, -0.1) is 0 Å². The Labute approximate surface area is 106 Å². The number of benzene rings is 1. The second kappa shape index (κ2) is 6.96. The first-order valence-corrected chi connectivity index (χ1v) is 5.82. The van der Waals surface area contributed by atoms with Gasteiger partial charge in [-0.1, -0.05) is 30.3 Å². The number of thiol groups is 1. The van der Waals surface area contributed by atoms with Crippen LogP contribution in [0.15, 0.2) is 30.3 Å². The largest absolute Gasteiger partial charge is 0.467 e. The number of esters is 1. The number of nitrogens with one attached hydrogen (secondary N) is 1. The number of ether oxygens (including phenoxy) is 1. The van der Waals surface area contributed by atoms with Crippen molar-refractivity contribution >= 4 is 24.5 Å². The number of methoxy groups -OCH3 is 1. The Hall–Kier alpha value is -1.49. The molecule has 92 valence electrons. The molecule has 1 aromatic carbocycles. The summed E-state index contributed by atoms with van der Waals surface area (Å²) in [4.78, 5) is 22.9. The van der Waals surface area contributed by atoms with Crippen molar-refractivity contribution in [3.63, 3.8) is 0 Å². The van der Waals surface area contributed by atoms with E-state index in [2.05, 4.69) is 22.7 Å². The second-order valence-corrected chi connectivity index (χ2v) is 3.85. The van der Waals surface area contributed by atoms with Gasteiger partial charge in [0.25, 0.3) is 0 Å². The van der Waals surface area contributed by atoms with Crippen molar-refractivity contribution in [1.29, 1.82) is 0 Å². The summed E-state index contributed by atoms with van der Waals surface area (Å²) in [6.45, 7) is 0. The van der Waals surface area contributed by atoms with E-state index in [4.69, 9.17) is 0 Å². The minimum Gasteiger partial charge on any atom is -0.467 e. The zero-order valence-corrected chi connectivity index (χ0v) is 10.4. The summed E-state index contributed by atoms with van der Waals surface area (Å²) in [5, 5.41) is 2.58. The average molecular weight is 253 g/mol. The predicted molar refractivity (Wildman–Crippen MR) is 67.9 cm³/mol. The molecule has 1 atom stereocenters. The molecular formula is C12H15NO3S. The molecule has 0 bridgehead atoms. The molecule has 0 radical (unpaired) electrons. The quantitative estimate of drug-likeness (QED) is 0.603. The molecule has 0 unspecified atom stereocenters. The van der Waals surface area contributed by atoms with Crippen molar-refractivity contribution in [1.82, 2.24) is 5.32 Å². The molecule has 17 heavy (non-hydrogen) atoms. The second-order valence-electron chi connectivity index (χ2n) is 3.49. The number of rotatable bonds is 5. The van der Waals surface area contributed by atoms with Gasteiger partial charge in [-0.25, -0.2) is 4.79 Å². The molecule has 4 nitrogen and oxygen atoms in total. The minimum atomic E-state index is -0.695. The van der Waals surface area contributed by atoms with Gasteiger partial charge in [0.05, 0.1) is 13.5 Å². The van der Waals surface area contributed by atoms with Crippen LogP contribution in [0.3, 0.4) is 0 Å². The first kappa shape index (κ1) is 13.6. The number of hydrogen-bond acceptors (Lipinski definition) is 4. The normalized spacial score (nSPS) is 11.6. The van der Waals surface area contributed by atoms with E-state index in [1.54, 1.807) is 0 Å². The van der Waals surface area contributed by atoms with Gasteiger partial charge in [-0.05, 0) is 5.56 Å². The Balaban J connectivity index is 2.51. The van der Waals surface area contributed by atoms with Crippen molar-refractivity contribution in [3.05, 3.63) is 35.9 Å². The topological polar surface area (TPSA) is 55.4 Å². The summed E-state index contributed by atoms with van der Waals surface area (Å²) in [5.74, 6) is -0.491. The molecular weight excluding hydrogens is 238 g/mol. The van der Waals surface area contributed by atoms with Gasteiger partial charge in [-0.3, -0.25) is 4.79 Å². The molecule has 5 heteroatoms. The summed E-state index contributed by atoms with van der Waals surface area (Å²) in [6, 6.07) is 8.62. The summed E-state index contributed by atoms with van der Waals surface area (Å²) < 4.78 is 4.55. The Bertz CT molecular complexity index is 381. The summed E-state index contributed by atoms with van der Waals surface area (Å²) in [6.07, 6.45) is 0.238. The highest BCUT2D eigenvalue weighted by atomic mass is 32.1. The molecule has 0 heterocycles. The summed E-state index contributed by atoms with van der Waals surface area (Å²) >= 11 is 3.99. The fourth-order valence-electron chi connectivity index (χ4n) is 1.35. The molecule has 1 rings (SSSR count). The van der Waals surface area contributed by atoms with Crippen molar-refractivity contribution in [2.24, 2.45) is 0 Å². The van der Waals surface area contributed by atoms with Crippen LogP contribution >= 0.6 is 12.6 Å². The smallest absolute Gasteiger partial charge is 0.329 e. The highest BCUT2D eigenvalue weighted by Gasteiger charge is 2.19. The van der Waals surface area contributed by atoms with Crippen molar-refractivity contribution in [3.8, 4) is 0 Å². The van der Waals surface area contributed by atoms with Gasteiger partial charge in [0.15, 0.2) is 0 Å². The first-order chi connectivity index (χ1) is 8.17. The lowest BCUT2D eigenvalue weighted by atomic mass is 10.1. The third-order valence-electron chi connectivity index (χ3n) is 2.21. The standard InChI is InChI=1S/C12H15NO3S/c1-16-12(15)10(8-17)13-11(14)7-9-5-3-2-4-6-9/h2-6,10,17H,7-8H2,1H3,(H,13,14)/t10-/m0/s1. The van der Waals surface area contributed by atoms with Crippen LogP contribution in [0.2, 0.25) is 0 Å². The van der Waals surface area contributed by atoms with Gasteiger partial charge in [0.2, 0.25) is 5.91 Å². The number of amides is 1. The maximum absolute atomic E-state index is 11.6. The van der Waals surface area contributed by atoms with Gasteiger partial charge in [0.1, 0.15) is 6.04 Å². The van der Waals surface area contributed by atoms with Crippen LogP contribution in [-0.2, 0) is 20.7 Å². The van der Waals surface area contributed by atoms with Gasteiger partial charge in [-0.2, -0.15) is 12.6 Å². The lowest BCUT2D eigenvalue weighted by Crippen LogP contribution is -2.43. The van der Waals surface area contributed by atoms with E-state index in [1.165, 1.54) is 7.11 Å². The zero-order chi connectivity index (χ0) is 12.7. The molecule has 0 saturated heterocycles. The van der Waals surface area contributed by atoms with Gasteiger partial charge < -0.3 is 10.1 Å². The van der Waals surface area contributed by atoms with E-state index in [9.17, 15) is 9.59 Å². The summed E-state index contributed by atoms with van der Waals surface area (Å²) in [7, 11) is 1.28. The number of carbonyl (C=O) groups is 2. The van der Waals surface area contributed by atoms with Crippen molar-refractivity contribution < 1.29 is 14.3 Å². The maximum atomic E-state index is 11.6. The molecule has 1 N–H and O–H groups in total. The van der Waals surface area contributed by atoms with Gasteiger partial charge >= 0.3 is 5.97 Å². The third-order valence-corrected chi connectivity index (χ3v) is 2.58. The van der Waals surface area contributed by atoms with E-state index in [0.29, 0.717) is 0 Å². The lowest BCUT2D eigenvalue weighted by molar-refractivity contribution is -0.144. The zero-order valence-electron chi connectivity index (χ0n) is 9.55. The SMILES string of the molecule is COC(=O)[C@H](CS)NC(=O)Cc1ccccc1. The van der Waals surface area contributed by atoms with E-state index in [-0.39, 0.29) is 18.1 Å². The van der Waals surface area contributed by atoms with Crippen LogP contribution in [0.1, 0.15) is 5.56 Å². The van der Waals surface area contributed by atoms with Crippen LogP contribution in [-0.4, -0.2) is 30.8 Å². The molecule has 0 spiro atoms. The van der Waals surface area contributed by atoms with Crippen LogP contribution in [0.25, 0.3) is 0 Å². The predicted octanol–water partition coefficient (Wildman–Crippen LogP) is 0.817. The average Bonchev–Trinajstić information content (AvgIpc) is 2.36. The van der Waals surface area contributed by atoms with Crippen LogP contribution < -0.4 is 5.32 Å². The van der Waals surface area contributed by atoms with E-state index in [1.807, 2.05) is 30.3 Å². The molecule has 1 aromatic rings. The molecule has 0 fully saturated rings. The molecule has 0 aliphatic rings. The van der Waals surface area contributed by atoms with Crippen molar-refractivity contribution in [2.75, 3.05) is 12.9 Å². The van der Waals surface area contributed by atoms with E-state index < -0.39 is 12.0 Å². The Kier molecular flexibility index (Phi) is 5.56. The minimum absolute atomic E-state index is 0.215. The highest BCUT2D eigenvalue weighted by molar-refractivity contribution is 7.80. The first-order valence-electron chi connectivity index (χ1n) is 5.19. The Morgan fingerprint density at radius 3 is 2.53 bits per heavy atom. The molecule has 1 amide bonds. The molecule has 0 aliphatic heterocycles. The Morgan fingerprint density at radius 1 is 1.35 bits per heavy atom. The van der Waals surface area contributed by atoms with Crippen LogP contribution in [0, 0.1) is 0 Å². The third kappa shape index (κ3) is 4.48. The highest BCUT2D eigenvalue weighted by Crippen LogP contribution is 2.00.